The summed E-state index contributed by atoms with van der Waals surface area (Å²) < 4.78 is 37.2. The van der Waals surface area contributed by atoms with Gasteiger partial charge in [0.1, 0.15) is 0 Å². The van der Waals surface area contributed by atoms with E-state index < -0.39 is 18.3 Å². The van der Waals surface area contributed by atoms with E-state index in [9.17, 15) is 8.42 Å². The van der Waals surface area contributed by atoms with Gasteiger partial charge in [0.15, 0.2) is 0 Å². The van der Waals surface area contributed by atoms with Crippen molar-refractivity contribution in [3.8, 4) is 0 Å². The molecule has 0 spiro atoms. The zero-order chi connectivity index (χ0) is 29.0. The van der Waals surface area contributed by atoms with Crippen LogP contribution in [-0.4, -0.2) is 40.2 Å². The van der Waals surface area contributed by atoms with Crippen LogP contribution < -0.4 is 10.4 Å². The minimum atomic E-state index is -3.74. The van der Waals surface area contributed by atoms with Crippen LogP contribution in [0.3, 0.4) is 0 Å². The number of nitrogens with zero attached hydrogens (tertiary/aromatic N) is 1. The highest BCUT2D eigenvalue weighted by molar-refractivity contribution is 7.89. The number of hydrogen-bond donors (Lipinski definition) is 0. The van der Waals surface area contributed by atoms with Crippen LogP contribution in [0.25, 0.3) is 0 Å². The van der Waals surface area contributed by atoms with Gasteiger partial charge in [0.2, 0.25) is 10.0 Å². The minimum absolute atomic E-state index is 0.200. The molecule has 4 rings (SSSR count). The van der Waals surface area contributed by atoms with Gasteiger partial charge in [0, 0.05) is 12.6 Å². The zero-order valence-corrected chi connectivity index (χ0v) is 26.2. The lowest BCUT2D eigenvalue weighted by atomic mass is 9.79. The van der Waals surface area contributed by atoms with Crippen molar-refractivity contribution in [2.45, 2.75) is 62.9 Å². The van der Waals surface area contributed by atoms with Crippen LogP contribution in [0.2, 0.25) is 5.04 Å². The summed E-state index contributed by atoms with van der Waals surface area (Å²) in [4.78, 5) is 0.321. The lowest BCUT2D eigenvalue weighted by Crippen LogP contribution is -2.67. The Labute approximate surface area is 242 Å². The monoisotopic (exact) mass is 573 g/mol. The molecule has 1 saturated heterocycles. The van der Waals surface area contributed by atoms with E-state index in [0.29, 0.717) is 37.3 Å². The maximum Gasteiger partial charge on any atom is 0.261 e. The Morgan fingerprint density at radius 1 is 0.900 bits per heavy atom. The van der Waals surface area contributed by atoms with Crippen molar-refractivity contribution in [2.24, 2.45) is 5.41 Å². The average Bonchev–Trinajstić information content (AvgIpc) is 3.29. The molecule has 0 N–H and O–H groups in total. The second kappa shape index (κ2) is 12.0. The quantitative estimate of drug-likeness (QED) is 0.195. The highest BCUT2D eigenvalue weighted by atomic mass is 32.2. The Morgan fingerprint density at radius 3 is 1.85 bits per heavy atom. The largest absolute Gasteiger partial charge is 0.406 e. The first kappa shape index (κ1) is 30.2. The lowest BCUT2D eigenvalue weighted by Gasteiger charge is -2.44. The molecule has 40 heavy (non-hydrogen) atoms. The fourth-order valence-corrected chi connectivity index (χ4v) is 12.7. The molecule has 3 aromatic carbocycles. The van der Waals surface area contributed by atoms with Gasteiger partial charge in [-0.25, -0.2) is 8.42 Å². The summed E-state index contributed by atoms with van der Waals surface area (Å²) >= 11 is 0. The van der Waals surface area contributed by atoms with Gasteiger partial charge in [-0.3, -0.25) is 0 Å². The summed E-state index contributed by atoms with van der Waals surface area (Å²) in [5, 5.41) is 2.17. The first-order chi connectivity index (χ1) is 19.0. The third-order valence-corrected chi connectivity index (χ3v) is 15.2. The second-order valence-corrected chi connectivity index (χ2v) is 18.4. The third kappa shape index (κ3) is 5.82. The summed E-state index contributed by atoms with van der Waals surface area (Å²) in [7, 11) is -6.58. The van der Waals surface area contributed by atoms with Crippen LogP contribution in [-0.2, 0) is 14.4 Å². The average molecular weight is 574 g/mol. The van der Waals surface area contributed by atoms with Crippen LogP contribution in [0, 0.1) is 12.3 Å². The summed E-state index contributed by atoms with van der Waals surface area (Å²) in [6.45, 7) is 17.4. The van der Waals surface area contributed by atoms with Crippen molar-refractivity contribution < 1.29 is 12.8 Å². The Bertz CT molecular complexity index is 1350. The molecule has 3 aromatic rings. The van der Waals surface area contributed by atoms with Gasteiger partial charge >= 0.3 is 0 Å². The van der Waals surface area contributed by atoms with E-state index in [2.05, 4.69) is 82.5 Å². The number of allylic oxidation sites excluding steroid dienone is 2. The molecule has 212 valence electrons. The van der Waals surface area contributed by atoms with E-state index in [4.69, 9.17) is 4.43 Å². The molecule has 1 aliphatic rings. The molecular formula is C34H43NO3SSi. The Kier molecular flexibility index (Phi) is 9.05. The molecule has 0 aliphatic carbocycles. The molecule has 1 heterocycles. The maximum absolute atomic E-state index is 14.1. The predicted molar refractivity (Wildman–Crippen MR) is 169 cm³/mol. The normalized spacial score (nSPS) is 17.9. The summed E-state index contributed by atoms with van der Waals surface area (Å²) in [6, 6.07) is 27.8. The summed E-state index contributed by atoms with van der Waals surface area (Å²) in [6.07, 6.45) is 5.94. The van der Waals surface area contributed by atoms with E-state index in [1.165, 1.54) is 10.4 Å². The topological polar surface area (TPSA) is 46.6 Å². The van der Waals surface area contributed by atoms with E-state index in [0.717, 1.165) is 5.56 Å². The number of hydrogen-bond acceptors (Lipinski definition) is 3. The van der Waals surface area contributed by atoms with Gasteiger partial charge in [-0.05, 0) is 59.1 Å². The summed E-state index contributed by atoms with van der Waals surface area (Å²) in [5.74, 6) is 0. The lowest BCUT2D eigenvalue weighted by molar-refractivity contribution is 0.219. The molecule has 1 fully saturated rings. The number of sulfonamides is 1. The van der Waals surface area contributed by atoms with Crippen LogP contribution in [0.4, 0.5) is 0 Å². The van der Waals surface area contributed by atoms with Crippen LogP contribution in [0.1, 0.15) is 45.6 Å². The highest BCUT2D eigenvalue weighted by Crippen LogP contribution is 2.45. The molecule has 1 aliphatic heterocycles. The summed E-state index contributed by atoms with van der Waals surface area (Å²) in [5.41, 5.74) is 0.764. The zero-order valence-electron chi connectivity index (χ0n) is 24.3. The van der Waals surface area contributed by atoms with Gasteiger partial charge in [-0.1, -0.05) is 111 Å². The van der Waals surface area contributed by atoms with Gasteiger partial charge in [-0.2, -0.15) is 4.31 Å². The van der Waals surface area contributed by atoms with Crippen LogP contribution >= 0.6 is 0 Å². The van der Waals surface area contributed by atoms with Crippen molar-refractivity contribution in [2.75, 3.05) is 13.2 Å². The second-order valence-electron chi connectivity index (χ2n) is 12.2. The third-order valence-electron chi connectivity index (χ3n) is 8.26. The van der Waals surface area contributed by atoms with E-state index in [1.807, 2.05) is 43.3 Å². The van der Waals surface area contributed by atoms with Crippen molar-refractivity contribution >= 4 is 28.7 Å². The van der Waals surface area contributed by atoms with Crippen molar-refractivity contribution in [1.29, 1.82) is 0 Å². The molecule has 6 heteroatoms. The number of aryl methyl sites for hydroxylation is 1. The molecule has 0 radical (unpaired) electrons. The maximum atomic E-state index is 14.1. The minimum Gasteiger partial charge on any atom is -0.406 e. The molecule has 4 nitrogen and oxygen atoms in total. The van der Waals surface area contributed by atoms with Gasteiger partial charge < -0.3 is 4.43 Å². The molecule has 0 unspecified atom stereocenters. The Balaban J connectivity index is 1.80. The molecule has 0 saturated carbocycles. The van der Waals surface area contributed by atoms with Crippen molar-refractivity contribution in [1.82, 2.24) is 4.31 Å². The first-order valence-corrected chi connectivity index (χ1v) is 17.4. The highest BCUT2D eigenvalue weighted by Gasteiger charge is 2.53. The smallest absolute Gasteiger partial charge is 0.261 e. The fraction of sp³-hybridized carbons (Fsp3) is 0.353. The molecule has 0 aromatic heterocycles. The molecular weight excluding hydrogens is 531 g/mol. The van der Waals surface area contributed by atoms with Crippen molar-refractivity contribution in [3.05, 3.63) is 116 Å². The molecule has 0 bridgehead atoms. The predicted octanol–water partition coefficient (Wildman–Crippen LogP) is 6.47. The van der Waals surface area contributed by atoms with Gasteiger partial charge in [0.25, 0.3) is 8.32 Å². The van der Waals surface area contributed by atoms with E-state index >= 15 is 0 Å². The first-order valence-electron chi connectivity index (χ1n) is 14.0. The Hall–Kier alpha value is -2.77. The van der Waals surface area contributed by atoms with Crippen LogP contribution in [0.15, 0.2) is 115 Å². The Morgan fingerprint density at radius 2 is 1.40 bits per heavy atom. The SMILES string of the molecule is C=CCC1(CC=C)C[C@@H](CO[Si](c2ccccc2)(c2ccccc2)C(C)(C)C)N(S(=O)(=O)c2ccc(C)cc2)C1. The fourth-order valence-electron chi connectivity index (χ4n) is 6.37. The standard InChI is InChI=1S/C34H43NO3SSi/c1-7-23-34(24-8-2)25-29(35(27-34)39(36,37)30-21-19-28(3)20-22-30)26-38-40(33(4,5)6,31-15-11-9-12-16-31)32-17-13-10-14-18-32/h7-22,29H,1-2,23-27H2,3-6H3/t29-/m0/s1. The number of benzene rings is 3. The van der Waals surface area contributed by atoms with Crippen molar-refractivity contribution in [3.63, 3.8) is 0 Å². The van der Waals surface area contributed by atoms with E-state index in [1.54, 1.807) is 16.4 Å². The molecule has 1 atom stereocenters. The molecule has 0 amide bonds. The van der Waals surface area contributed by atoms with Crippen LogP contribution in [0.5, 0.6) is 0 Å². The van der Waals surface area contributed by atoms with E-state index in [-0.39, 0.29) is 16.5 Å². The van der Waals surface area contributed by atoms with Gasteiger partial charge in [-0.15, -0.1) is 13.2 Å². The van der Waals surface area contributed by atoms with Gasteiger partial charge in [0.05, 0.1) is 11.5 Å². The number of rotatable bonds is 11.